The molecule has 102 valence electrons. The van der Waals surface area contributed by atoms with E-state index in [0.29, 0.717) is 25.3 Å². The molecule has 2 heterocycles. The standard InChI is InChI=1S/C13H22N2O3/c1-8(2)6-13(3,7-14)15-11(16)9-4-5-10(18-9)12(15)17/h8-10H,4-7,14H2,1-3H3. The van der Waals surface area contributed by atoms with Crippen molar-refractivity contribution in [2.75, 3.05) is 6.54 Å². The smallest absolute Gasteiger partial charge is 0.258 e. The molecule has 5 nitrogen and oxygen atoms in total. The van der Waals surface area contributed by atoms with E-state index in [0.717, 1.165) is 6.42 Å². The number of carbonyl (C=O) groups is 2. The van der Waals surface area contributed by atoms with Crippen molar-refractivity contribution in [1.82, 2.24) is 4.90 Å². The Hall–Kier alpha value is -0.940. The van der Waals surface area contributed by atoms with E-state index < -0.39 is 17.7 Å². The maximum absolute atomic E-state index is 12.3. The van der Waals surface area contributed by atoms with Crippen LogP contribution in [-0.2, 0) is 14.3 Å². The lowest BCUT2D eigenvalue weighted by atomic mass is 9.88. The highest BCUT2D eigenvalue weighted by Crippen LogP contribution is 2.34. The van der Waals surface area contributed by atoms with E-state index in [1.165, 1.54) is 4.90 Å². The summed E-state index contributed by atoms with van der Waals surface area (Å²) in [7, 11) is 0. The summed E-state index contributed by atoms with van der Waals surface area (Å²) in [5.41, 5.74) is 5.24. The van der Waals surface area contributed by atoms with Crippen molar-refractivity contribution >= 4 is 11.8 Å². The molecule has 2 bridgehead atoms. The van der Waals surface area contributed by atoms with Crippen LogP contribution >= 0.6 is 0 Å². The quantitative estimate of drug-likeness (QED) is 0.748. The Labute approximate surface area is 108 Å². The summed E-state index contributed by atoms with van der Waals surface area (Å²) >= 11 is 0. The number of carbonyl (C=O) groups excluding carboxylic acids is 2. The van der Waals surface area contributed by atoms with Crippen LogP contribution in [0, 0.1) is 5.92 Å². The van der Waals surface area contributed by atoms with E-state index in [2.05, 4.69) is 13.8 Å². The number of likely N-dealkylation sites (tertiary alicyclic amines) is 1. The normalized spacial score (nSPS) is 31.1. The Bertz CT molecular complexity index is 347. The molecule has 18 heavy (non-hydrogen) atoms. The van der Waals surface area contributed by atoms with E-state index in [-0.39, 0.29) is 11.8 Å². The third-order valence-electron chi connectivity index (χ3n) is 3.84. The zero-order valence-electron chi connectivity index (χ0n) is 11.3. The first-order chi connectivity index (χ1) is 8.39. The number of amides is 2. The Morgan fingerprint density at radius 3 is 2.22 bits per heavy atom. The Kier molecular flexibility index (Phi) is 3.47. The first kappa shape index (κ1) is 13.5. The van der Waals surface area contributed by atoms with Crippen LogP contribution in [0.25, 0.3) is 0 Å². The van der Waals surface area contributed by atoms with Crippen LogP contribution in [0.4, 0.5) is 0 Å². The topological polar surface area (TPSA) is 72.6 Å². The van der Waals surface area contributed by atoms with Crippen LogP contribution < -0.4 is 5.73 Å². The summed E-state index contributed by atoms with van der Waals surface area (Å²) in [6.45, 7) is 6.32. The van der Waals surface area contributed by atoms with Gasteiger partial charge in [-0.3, -0.25) is 14.5 Å². The highest BCUT2D eigenvalue weighted by Gasteiger charge is 2.52. The molecule has 2 N–H and O–H groups in total. The second-order valence-corrected chi connectivity index (χ2v) is 6.00. The van der Waals surface area contributed by atoms with Gasteiger partial charge in [0.25, 0.3) is 11.8 Å². The molecule has 2 amide bonds. The van der Waals surface area contributed by atoms with Gasteiger partial charge in [0.05, 0.1) is 5.54 Å². The number of morpholine rings is 1. The van der Waals surface area contributed by atoms with E-state index in [1.54, 1.807) is 0 Å². The van der Waals surface area contributed by atoms with Crippen LogP contribution in [0.2, 0.25) is 0 Å². The number of fused-ring (bicyclic) bond motifs is 2. The largest absolute Gasteiger partial charge is 0.355 e. The first-order valence-electron chi connectivity index (χ1n) is 6.62. The van der Waals surface area contributed by atoms with Gasteiger partial charge in [0.2, 0.25) is 0 Å². The molecule has 5 heteroatoms. The lowest BCUT2D eigenvalue weighted by Gasteiger charge is -2.43. The third-order valence-corrected chi connectivity index (χ3v) is 3.84. The SMILES string of the molecule is CC(C)CC(C)(CN)N1C(=O)C2CCC(O2)C1=O. The molecule has 3 atom stereocenters. The van der Waals surface area contributed by atoms with Crippen LogP contribution in [-0.4, -0.2) is 41.0 Å². The minimum Gasteiger partial charge on any atom is -0.355 e. The number of hydrogen-bond acceptors (Lipinski definition) is 4. The molecule has 2 saturated heterocycles. The zero-order valence-corrected chi connectivity index (χ0v) is 11.3. The van der Waals surface area contributed by atoms with E-state index in [4.69, 9.17) is 10.5 Å². The molecule has 0 saturated carbocycles. The van der Waals surface area contributed by atoms with E-state index >= 15 is 0 Å². The average molecular weight is 254 g/mol. The molecule has 0 aliphatic carbocycles. The molecule has 2 rings (SSSR count). The van der Waals surface area contributed by atoms with Gasteiger partial charge >= 0.3 is 0 Å². The molecule has 0 radical (unpaired) electrons. The Balaban J connectivity index is 2.29. The van der Waals surface area contributed by atoms with Crippen molar-refractivity contribution in [2.24, 2.45) is 11.7 Å². The predicted octanol–water partition coefficient (Wildman–Crippen LogP) is 0.666. The summed E-state index contributed by atoms with van der Waals surface area (Å²) in [5.74, 6) is -0.0376. The van der Waals surface area contributed by atoms with Gasteiger partial charge in [-0.15, -0.1) is 0 Å². The van der Waals surface area contributed by atoms with Gasteiger partial charge in [-0.05, 0) is 32.1 Å². The second-order valence-electron chi connectivity index (χ2n) is 6.00. The number of nitrogens with two attached hydrogens (primary N) is 1. The molecule has 2 aliphatic rings. The number of ether oxygens (including phenoxy) is 1. The van der Waals surface area contributed by atoms with Gasteiger partial charge in [-0.25, -0.2) is 0 Å². The van der Waals surface area contributed by atoms with Gasteiger partial charge in [-0.1, -0.05) is 13.8 Å². The monoisotopic (exact) mass is 254 g/mol. The zero-order chi connectivity index (χ0) is 13.5. The fourth-order valence-corrected chi connectivity index (χ4v) is 3.07. The summed E-state index contributed by atoms with van der Waals surface area (Å²) in [5, 5.41) is 0. The van der Waals surface area contributed by atoms with Crippen molar-refractivity contribution in [3.05, 3.63) is 0 Å². The Morgan fingerprint density at radius 1 is 1.33 bits per heavy atom. The lowest BCUT2D eigenvalue weighted by Crippen LogP contribution is -2.64. The molecule has 2 fully saturated rings. The second kappa shape index (κ2) is 4.63. The van der Waals surface area contributed by atoms with Crippen LogP contribution in [0.5, 0.6) is 0 Å². The molecule has 3 unspecified atom stereocenters. The number of nitrogens with zero attached hydrogens (tertiary/aromatic N) is 1. The van der Waals surface area contributed by atoms with Crippen molar-refractivity contribution in [2.45, 2.75) is 57.8 Å². The molecule has 0 aromatic heterocycles. The molecule has 0 aromatic carbocycles. The minimum atomic E-state index is -0.590. The van der Waals surface area contributed by atoms with Gasteiger partial charge in [0, 0.05) is 6.54 Å². The molecular formula is C13H22N2O3. The van der Waals surface area contributed by atoms with Gasteiger partial charge in [0.15, 0.2) is 0 Å². The van der Waals surface area contributed by atoms with Gasteiger partial charge in [-0.2, -0.15) is 0 Å². The van der Waals surface area contributed by atoms with Crippen molar-refractivity contribution < 1.29 is 14.3 Å². The number of imide groups is 1. The maximum Gasteiger partial charge on any atom is 0.258 e. The van der Waals surface area contributed by atoms with Gasteiger partial charge in [0.1, 0.15) is 12.2 Å². The summed E-state index contributed by atoms with van der Waals surface area (Å²) in [4.78, 5) is 26.0. The first-order valence-corrected chi connectivity index (χ1v) is 6.62. The van der Waals surface area contributed by atoms with E-state index in [1.807, 2.05) is 6.92 Å². The Morgan fingerprint density at radius 2 is 1.83 bits per heavy atom. The molecule has 0 aromatic rings. The average Bonchev–Trinajstić information content (AvgIpc) is 2.72. The van der Waals surface area contributed by atoms with Crippen LogP contribution in [0.15, 0.2) is 0 Å². The number of rotatable bonds is 4. The molecule has 0 spiro atoms. The lowest BCUT2D eigenvalue weighted by molar-refractivity contribution is -0.176. The van der Waals surface area contributed by atoms with Crippen LogP contribution in [0.1, 0.15) is 40.0 Å². The van der Waals surface area contributed by atoms with Crippen LogP contribution in [0.3, 0.4) is 0 Å². The van der Waals surface area contributed by atoms with E-state index in [9.17, 15) is 9.59 Å². The predicted molar refractivity (Wildman–Crippen MR) is 66.7 cm³/mol. The van der Waals surface area contributed by atoms with Crippen molar-refractivity contribution in [1.29, 1.82) is 0 Å². The summed E-state index contributed by atoms with van der Waals surface area (Å²) in [6.07, 6.45) is 1.14. The number of hydrogen-bond donors (Lipinski definition) is 1. The van der Waals surface area contributed by atoms with Crippen molar-refractivity contribution in [3.63, 3.8) is 0 Å². The van der Waals surface area contributed by atoms with Gasteiger partial charge < -0.3 is 10.5 Å². The third kappa shape index (κ3) is 2.06. The molecular weight excluding hydrogens is 232 g/mol. The summed E-state index contributed by atoms with van der Waals surface area (Å²) in [6, 6.07) is 0. The fraction of sp³-hybridized carbons (Fsp3) is 0.846. The van der Waals surface area contributed by atoms with Crippen molar-refractivity contribution in [3.8, 4) is 0 Å². The molecule has 2 aliphatic heterocycles. The minimum absolute atomic E-state index is 0.206. The fourth-order valence-electron chi connectivity index (χ4n) is 3.07. The highest BCUT2D eigenvalue weighted by atomic mass is 16.5. The highest BCUT2D eigenvalue weighted by molar-refractivity contribution is 6.03. The summed E-state index contributed by atoms with van der Waals surface area (Å²) < 4.78 is 5.42. The maximum atomic E-state index is 12.3.